The van der Waals surface area contributed by atoms with Crippen molar-refractivity contribution in [1.82, 2.24) is 10.2 Å². The number of carboxylic acid groups (broad SMARTS) is 1. The average Bonchev–Trinajstić information content (AvgIpc) is 2.88. The molecule has 0 bridgehead atoms. The third kappa shape index (κ3) is 5.56. The summed E-state index contributed by atoms with van der Waals surface area (Å²) in [5.74, 6) is -0.558. The molecule has 0 radical (unpaired) electrons. The van der Waals surface area contributed by atoms with Crippen LogP contribution in [0.4, 0.5) is 4.79 Å². The van der Waals surface area contributed by atoms with Crippen LogP contribution in [0, 0.1) is 11.8 Å². The van der Waals surface area contributed by atoms with Gasteiger partial charge >= 0.3 is 12.0 Å². The number of carbonyl (C=O) groups excluding carboxylic acids is 1. The van der Waals surface area contributed by atoms with Crippen molar-refractivity contribution in [3.63, 3.8) is 0 Å². The molecule has 0 aliphatic heterocycles. The van der Waals surface area contributed by atoms with E-state index in [-0.39, 0.29) is 18.0 Å². The normalized spacial score (nSPS) is 17.2. The molecule has 0 aromatic heterocycles. The summed E-state index contributed by atoms with van der Waals surface area (Å²) in [6.07, 6.45) is 5.32. The van der Waals surface area contributed by atoms with Crippen LogP contribution in [0.25, 0.3) is 0 Å². The zero-order valence-corrected chi connectivity index (χ0v) is 13.8. The Hall–Kier alpha value is -1.26. The van der Waals surface area contributed by atoms with Gasteiger partial charge in [-0.3, -0.25) is 0 Å². The summed E-state index contributed by atoms with van der Waals surface area (Å²) in [6.45, 7) is 8.61. The van der Waals surface area contributed by atoms with Crippen LogP contribution < -0.4 is 5.32 Å². The zero-order valence-electron chi connectivity index (χ0n) is 13.8. The van der Waals surface area contributed by atoms with E-state index >= 15 is 0 Å². The number of carboxylic acids is 1. The lowest BCUT2D eigenvalue weighted by atomic mass is 10.0. The molecule has 5 nitrogen and oxygen atoms in total. The minimum atomic E-state index is -0.964. The molecule has 122 valence electrons. The first-order valence-corrected chi connectivity index (χ1v) is 8.12. The Morgan fingerprint density at radius 3 is 2.19 bits per heavy atom. The van der Waals surface area contributed by atoms with Gasteiger partial charge in [-0.1, -0.05) is 40.5 Å². The summed E-state index contributed by atoms with van der Waals surface area (Å²) in [7, 11) is 0. The van der Waals surface area contributed by atoms with Gasteiger partial charge in [0.2, 0.25) is 0 Å². The maximum Gasteiger partial charge on any atom is 0.326 e. The molecular formula is C16H30N2O3. The van der Waals surface area contributed by atoms with E-state index in [0.29, 0.717) is 12.5 Å². The fraction of sp³-hybridized carbons (Fsp3) is 0.875. The highest BCUT2D eigenvalue weighted by Gasteiger charge is 2.30. The van der Waals surface area contributed by atoms with Crippen LogP contribution in [0.5, 0.6) is 0 Å². The van der Waals surface area contributed by atoms with E-state index in [4.69, 9.17) is 0 Å². The van der Waals surface area contributed by atoms with Gasteiger partial charge in [0.1, 0.15) is 6.04 Å². The molecule has 0 aromatic rings. The minimum Gasteiger partial charge on any atom is -0.480 e. The third-order valence-corrected chi connectivity index (χ3v) is 4.19. The molecule has 1 aliphatic carbocycles. The summed E-state index contributed by atoms with van der Waals surface area (Å²) < 4.78 is 0. The predicted molar refractivity (Wildman–Crippen MR) is 83.2 cm³/mol. The van der Waals surface area contributed by atoms with Gasteiger partial charge in [-0.15, -0.1) is 0 Å². The summed E-state index contributed by atoms with van der Waals surface area (Å²) in [4.78, 5) is 25.6. The second-order valence-corrected chi connectivity index (χ2v) is 6.82. The second-order valence-electron chi connectivity index (χ2n) is 6.82. The van der Waals surface area contributed by atoms with Crippen molar-refractivity contribution in [3.05, 3.63) is 0 Å². The Morgan fingerprint density at radius 2 is 1.76 bits per heavy atom. The van der Waals surface area contributed by atoms with Crippen LogP contribution in [-0.2, 0) is 4.79 Å². The summed E-state index contributed by atoms with van der Waals surface area (Å²) in [5, 5.41) is 11.9. The number of rotatable bonds is 7. The van der Waals surface area contributed by atoms with Crippen LogP contribution in [-0.4, -0.2) is 40.6 Å². The largest absolute Gasteiger partial charge is 0.480 e. The topological polar surface area (TPSA) is 69.6 Å². The maximum atomic E-state index is 12.5. The Bertz CT molecular complexity index is 349. The van der Waals surface area contributed by atoms with Gasteiger partial charge < -0.3 is 15.3 Å². The third-order valence-electron chi connectivity index (χ3n) is 4.19. The lowest BCUT2D eigenvalue weighted by Crippen LogP contribution is -2.52. The van der Waals surface area contributed by atoms with Crippen molar-refractivity contribution in [1.29, 1.82) is 0 Å². The molecule has 0 saturated heterocycles. The molecule has 1 saturated carbocycles. The van der Waals surface area contributed by atoms with Gasteiger partial charge in [0.15, 0.2) is 0 Å². The molecule has 0 aromatic carbocycles. The number of aliphatic carboxylic acids is 1. The summed E-state index contributed by atoms with van der Waals surface area (Å²) in [6, 6.07) is -0.769. The van der Waals surface area contributed by atoms with Crippen molar-refractivity contribution < 1.29 is 14.7 Å². The molecule has 21 heavy (non-hydrogen) atoms. The van der Waals surface area contributed by atoms with Gasteiger partial charge in [0.05, 0.1) is 0 Å². The van der Waals surface area contributed by atoms with Crippen LogP contribution >= 0.6 is 0 Å². The lowest BCUT2D eigenvalue weighted by Gasteiger charge is -2.31. The molecule has 2 amide bonds. The summed E-state index contributed by atoms with van der Waals surface area (Å²) >= 11 is 0. The first-order valence-electron chi connectivity index (χ1n) is 8.12. The minimum absolute atomic E-state index is 0.123. The number of hydrogen-bond donors (Lipinski definition) is 2. The van der Waals surface area contributed by atoms with E-state index in [1.807, 2.05) is 18.7 Å². The number of nitrogens with one attached hydrogen (secondary N) is 1. The molecule has 2 N–H and O–H groups in total. The van der Waals surface area contributed by atoms with Gasteiger partial charge in [0, 0.05) is 12.6 Å². The molecule has 0 spiro atoms. The SMILES string of the molecule is CC(C)CCN(C(=O)N[C@@H](C(=O)O)C(C)C)C1CCCC1. The highest BCUT2D eigenvalue weighted by molar-refractivity contribution is 5.83. The molecule has 0 unspecified atom stereocenters. The molecule has 0 heterocycles. The lowest BCUT2D eigenvalue weighted by molar-refractivity contribution is -0.140. The molecule has 1 rings (SSSR count). The van der Waals surface area contributed by atoms with E-state index in [9.17, 15) is 14.7 Å². The number of nitrogens with zero attached hydrogens (tertiary/aromatic N) is 1. The zero-order chi connectivity index (χ0) is 16.0. The van der Waals surface area contributed by atoms with Crippen molar-refractivity contribution in [2.75, 3.05) is 6.54 Å². The fourth-order valence-corrected chi connectivity index (χ4v) is 2.79. The summed E-state index contributed by atoms with van der Waals surface area (Å²) in [5.41, 5.74) is 0. The molecule has 1 fully saturated rings. The first-order chi connectivity index (χ1) is 9.82. The number of hydrogen-bond acceptors (Lipinski definition) is 2. The van der Waals surface area contributed by atoms with E-state index in [0.717, 1.165) is 32.1 Å². The highest BCUT2D eigenvalue weighted by atomic mass is 16.4. The Balaban J connectivity index is 2.71. The first kappa shape index (κ1) is 17.8. The van der Waals surface area contributed by atoms with Gasteiger partial charge in [-0.05, 0) is 31.1 Å². The predicted octanol–water partition coefficient (Wildman–Crippen LogP) is 3.10. The molecule has 1 aliphatic rings. The van der Waals surface area contributed by atoms with Crippen molar-refractivity contribution in [2.24, 2.45) is 11.8 Å². The van der Waals surface area contributed by atoms with Crippen LogP contribution in [0.3, 0.4) is 0 Å². The Kier molecular flexibility index (Phi) is 6.99. The van der Waals surface area contributed by atoms with E-state index in [2.05, 4.69) is 19.2 Å². The van der Waals surface area contributed by atoms with E-state index in [1.54, 1.807) is 0 Å². The molecular weight excluding hydrogens is 268 g/mol. The molecule has 5 heteroatoms. The second kappa shape index (κ2) is 8.25. The van der Waals surface area contributed by atoms with Crippen LogP contribution in [0.15, 0.2) is 0 Å². The van der Waals surface area contributed by atoms with Crippen molar-refractivity contribution in [3.8, 4) is 0 Å². The average molecular weight is 298 g/mol. The fourth-order valence-electron chi connectivity index (χ4n) is 2.79. The quantitative estimate of drug-likeness (QED) is 0.759. The van der Waals surface area contributed by atoms with E-state index in [1.165, 1.54) is 0 Å². The van der Waals surface area contributed by atoms with Gasteiger partial charge in [0.25, 0.3) is 0 Å². The van der Waals surface area contributed by atoms with E-state index < -0.39 is 12.0 Å². The Morgan fingerprint density at radius 1 is 1.19 bits per heavy atom. The highest BCUT2D eigenvalue weighted by Crippen LogP contribution is 2.24. The van der Waals surface area contributed by atoms with Crippen LogP contribution in [0.1, 0.15) is 59.8 Å². The van der Waals surface area contributed by atoms with Crippen LogP contribution in [0.2, 0.25) is 0 Å². The number of amides is 2. The number of carbonyl (C=O) groups is 2. The van der Waals surface area contributed by atoms with Crippen molar-refractivity contribution >= 4 is 12.0 Å². The van der Waals surface area contributed by atoms with Crippen molar-refractivity contribution in [2.45, 2.75) is 71.9 Å². The smallest absolute Gasteiger partial charge is 0.326 e. The Labute approximate surface area is 128 Å². The van der Waals surface area contributed by atoms with Gasteiger partial charge in [-0.25, -0.2) is 9.59 Å². The monoisotopic (exact) mass is 298 g/mol. The van der Waals surface area contributed by atoms with Gasteiger partial charge in [-0.2, -0.15) is 0 Å². The number of urea groups is 1. The molecule has 1 atom stereocenters. The standard InChI is InChI=1S/C16H30N2O3/c1-11(2)9-10-18(13-7-5-6-8-13)16(21)17-14(12(3)4)15(19)20/h11-14H,5-10H2,1-4H3,(H,17,21)(H,19,20)/t14-/m1/s1. The maximum absolute atomic E-state index is 12.5.